The SMILES string of the molecule is CCOC1CCC(=O)N1CC=C(C)c1ccc(OC)cc1. The highest BCUT2D eigenvalue weighted by Crippen LogP contribution is 2.22. The molecule has 114 valence electrons. The van der Waals surface area contributed by atoms with E-state index in [4.69, 9.17) is 9.47 Å². The zero-order chi connectivity index (χ0) is 15.2. The molecule has 1 aromatic carbocycles. The molecule has 1 fully saturated rings. The maximum atomic E-state index is 11.9. The summed E-state index contributed by atoms with van der Waals surface area (Å²) in [5, 5.41) is 0. The first-order valence-corrected chi connectivity index (χ1v) is 7.38. The van der Waals surface area contributed by atoms with Crippen molar-refractivity contribution in [3.8, 4) is 5.75 Å². The van der Waals surface area contributed by atoms with E-state index in [9.17, 15) is 4.79 Å². The van der Waals surface area contributed by atoms with E-state index in [-0.39, 0.29) is 12.1 Å². The zero-order valence-electron chi connectivity index (χ0n) is 13.0. The van der Waals surface area contributed by atoms with E-state index in [1.807, 2.05) is 36.1 Å². The number of allylic oxidation sites excluding steroid dienone is 1. The van der Waals surface area contributed by atoms with Crippen molar-refractivity contribution in [2.45, 2.75) is 32.9 Å². The van der Waals surface area contributed by atoms with E-state index in [0.717, 1.165) is 23.3 Å². The number of nitrogens with zero attached hydrogens (tertiary/aromatic N) is 1. The Balaban J connectivity index is 2.02. The van der Waals surface area contributed by atoms with Gasteiger partial charge in [0.15, 0.2) is 0 Å². The minimum absolute atomic E-state index is 0.0672. The molecule has 1 atom stereocenters. The molecule has 0 bridgehead atoms. The molecular weight excluding hydrogens is 266 g/mol. The van der Waals surface area contributed by atoms with Crippen LogP contribution in [0.4, 0.5) is 0 Å². The first-order valence-electron chi connectivity index (χ1n) is 7.38. The number of carbonyl (C=O) groups is 1. The molecule has 2 rings (SSSR count). The minimum atomic E-state index is -0.0672. The van der Waals surface area contributed by atoms with Gasteiger partial charge in [0.25, 0.3) is 0 Å². The first-order chi connectivity index (χ1) is 10.2. The van der Waals surface area contributed by atoms with Crippen LogP contribution in [0.5, 0.6) is 5.75 Å². The summed E-state index contributed by atoms with van der Waals surface area (Å²) >= 11 is 0. The summed E-state index contributed by atoms with van der Waals surface area (Å²) in [4.78, 5) is 13.7. The molecule has 4 heteroatoms. The van der Waals surface area contributed by atoms with Crippen molar-refractivity contribution in [3.05, 3.63) is 35.9 Å². The third-order valence-electron chi connectivity index (χ3n) is 3.77. The number of ether oxygens (including phenoxy) is 2. The van der Waals surface area contributed by atoms with Crippen LogP contribution < -0.4 is 4.74 Å². The average Bonchev–Trinajstić information content (AvgIpc) is 2.86. The van der Waals surface area contributed by atoms with Crippen LogP contribution in [-0.4, -0.2) is 37.3 Å². The lowest BCUT2D eigenvalue weighted by atomic mass is 10.1. The van der Waals surface area contributed by atoms with Crippen molar-refractivity contribution in [1.82, 2.24) is 4.90 Å². The molecule has 1 aliphatic rings. The predicted octanol–water partition coefficient (Wildman–Crippen LogP) is 3.08. The van der Waals surface area contributed by atoms with Crippen LogP contribution in [0.3, 0.4) is 0 Å². The molecule has 1 saturated heterocycles. The van der Waals surface area contributed by atoms with Gasteiger partial charge in [0.2, 0.25) is 5.91 Å². The molecule has 0 saturated carbocycles. The topological polar surface area (TPSA) is 38.8 Å². The van der Waals surface area contributed by atoms with Crippen LogP contribution in [0.15, 0.2) is 30.3 Å². The second-order valence-electron chi connectivity index (χ2n) is 5.11. The van der Waals surface area contributed by atoms with Gasteiger partial charge in [0, 0.05) is 26.0 Å². The number of likely N-dealkylation sites (tertiary alicyclic amines) is 1. The Morgan fingerprint density at radius 1 is 1.38 bits per heavy atom. The van der Waals surface area contributed by atoms with E-state index in [1.54, 1.807) is 7.11 Å². The third kappa shape index (κ3) is 3.85. The van der Waals surface area contributed by atoms with Gasteiger partial charge in [-0.1, -0.05) is 18.2 Å². The molecule has 0 N–H and O–H groups in total. The van der Waals surface area contributed by atoms with E-state index >= 15 is 0 Å². The molecule has 1 amide bonds. The van der Waals surface area contributed by atoms with Crippen LogP contribution in [0.1, 0.15) is 32.3 Å². The zero-order valence-corrected chi connectivity index (χ0v) is 13.0. The van der Waals surface area contributed by atoms with Gasteiger partial charge in [-0.15, -0.1) is 0 Å². The summed E-state index contributed by atoms with van der Waals surface area (Å²) in [5.41, 5.74) is 2.28. The van der Waals surface area contributed by atoms with Gasteiger partial charge in [-0.05, 0) is 37.1 Å². The molecule has 21 heavy (non-hydrogen) atoms. The molecule has 0 aromatic heterocycles. The quantitative estimate of drug-likeness (QED) is 0.808. The lowest BCUT2D eigenvalue weighted by molar-refractivity contribution is -0.135. The van der Waals surface area contributed by atoms with Gasteiger partial charge in [0.05, 0.1) is 7.11 Å². The number of carbonyl (C=O) groups excluding carboxylic acids is 1. The molecule has 0 aliphatic carbocycles. The van der Waals surface area contributed by atoms with Crippen LogP contribution in [-0.2, 0) is 9.53 Å². The van der Waals surface area contributed by atoms with E-state index in [0.29, 0.717) is 19.6 Å². The van der Waals surface area contributed by atoms with Gasteiger partial charge in [-0.2, -0.15) is 0 Å². The number of benzene rings is 1. The van der Waals surface area contributed by atoms with Crippen molar-refractivity contribution in [2.24, 2.45) is 0 Å². The van der Waals surface area contributed by atoms with Crippen molar-refractivity contribution in [3.63, 3.8) is 0 Å². The number of hydrogen-bond donors (Lipinski definition) is 0. The van der Waals surface area contributed by atoms with Gasteiger partial charge < -0.3 is 14.4 Å². The largest absolute Gasteiger partial charge is 0.497 e. The number of rotatable bonds is 6. The van der Waals surface area contributed by atoms with E-state index < -0.39 is 0 Å². The van der Waals surface area contributed by atoms with Gasteiger partial charge in [-0.25, -0.2) is 0 Å². The molecule has 1 aromatic rings. The number of methoxy groups -OCH3 is 1. The fraction of sp³-hybridized carbons (Fsp3) is 0.471. The van der Waals surface area contributed by atoms with Crippen LogP contribution >= 0.6 is 0 Å². The third-order valence-corrected chi connectivity index (χ3v) is 3.77. The number of hydrogen-bond acceptors (Lipinski definition) is 3. The molecule has 0 spiro atoms. The Bertz CT molecular complexity index is 507. The van der Waals surface area contributed by atoms with E-state index in [2.05, 4.69) is 13.0 Å². The average molecular weight is 289 g/mol. The fourth-order valence-electron chi connectivity index (χ4n) is 2.50. The minimum Gasteiger partial charge on any atom is -0.497 e. The normalized spacial score (nSPS) is 19.2. The Labute approximate surface area is 126 Å². The summed E-state index contributed by atoms with van der Waals surface area (Å²) in [6.07, 6.45) is 3.39. The Kier molecular flexibility index (Phi) is 5.39. The van der Waals surface area contributed by atoms with Gasteiger partial charge in [0.1, 0.15) is 12.0 Å². The molecule has 1 unspecified atom stereocenters. The number of amides is 1. The highest BCUT2D eigenvalue weighted by Gasteiger charge is 2.30. The van der Waals surface area contributed by atoms with Crippen molar-refractivity contribution < 1.29 is 14.3 Å². The van der Waals surface area contributed by atoms with Crippen LogP contribution in [0.25, 0.3) is 5.57 Å². The first kappa shape index (κ1) is 15.6. The van der Waals surface area contributed by atoms with E-state index in [1.165, 1.54) is 0 Å². The molecule has 1 heterocycles. The lowest BCUT2D eigenvalue weighted by Crippen LogP contribution is -2.35. The van der Waals surface area contributed by atoms with Crippen LogP contribution in [0, 0.1) is 0 Å². The van der Waals surface area contributed by atoms with Gasteiger partial charge in [-0.3, -0.25) is 4.79 Å². The molecule has 4 nitrogen and oxygen atoms in total. The summed E-state index contributed by atoms with van der Waals surface area (Å²) in [6, 6.07) is 7.93. The summed E-state index contributed by atoms with van der Waals surface area (Å²) < 4.78 is 10.8. The van der Waals surface area contributed by atoms with Gasteiger partial charge >= 0.3 is 0 Å². The standard InChI is InChI=1S/C17H23NO3/c1-4-21-17-10-9-16(19)18(17)12-11-13(2)14-5-7-15(20-3)8-6-14/h5-8,11,17H,4,9-10,12H2,1-3H3. The maximum Gasteiger partial charge on any atom is 0.225 e. The Morgan fingerprint density at radius 2 is 2.10 bits per heavy atom. The Morgan fingerprint density at radius 3 is 2.71 bits per heavy atom. The smallest absolute Gasteiger partial charge is 0.225 e. The highest BCUT2D eigenvalue weighted by molar-refractivity contribution is 5.79. The van der Waals surface area contributed by atoms with Crippen molar-refractivity contribution in [2.75, 3.05) is 20.3 Å². The molecule has 1 aliphatic heterocycles. The second-order valence-corrected chi connectivity index (χ2v) is 5.11. The fourth-order valence-corrected chi connectivity index (χ4v) is 2.50. The molecule has 0 radical (unpaired) electrons. The summed E-state index contributed by atoms with van der Waals surface area (Å²) in [6.45, 7) is 5.24. The van der Waals surface area contributed by atoms with Crippen molar-refractivity contribution in [1.29, 1.82) is 0 Å². The monoisotopic (exact) mass is 289 g/mol. The van der Waals surface area contributed by atoms with Crippen molar-refractivity contribution >= 4 is 11.5 Å². The lowest BCUT2D eigenvalue weighted by Gasteiger charge is -2.23. The maximum absolute atomic E-state index is 11.9. The summed E-state index contributed by atoms with van der Waals surface area (Å²) in [5.74, 6) is 1.02. The molecular formula is C17H23NO3. The summed E-state index contributed by atoms with van der Waals surface area (Å²) in [7, 11) is 1.66. The predicted molar refractivity (Wildman–Crippen MR) is 83.0 cm³/mol. The highest BCUT2D eigenvalue weighted by atomic mass is 16.5. The Hall–Kier alpha value is -1.81. The second kappa shape index (κ2) is 7.27. The van der Waals surface area contributed by atoms with Crippen LogP contribution in [0.2, 0.25) is 0 Å².